The van der Waals surface area contributed by atoms with Gasteiger partial charge in [-0.05, 0) is 47.7 Å². The Kier molecular flexibility index (Phi) is 7.33. The van der Waals surface area contributed by atoms with Crippen molar-refractivity contribution in [3.63, 3.8) is 0 Å². The number of benzene rings is 2. The first-order valence-corrected chi connectivity index (χ1v) is 10.5. The summed E-state index contributed by atoms with van der Waals surface area (Å²) >= 11 is 7.96. The number of methoxy groups -OCH3 is 1. The smallest absolute Gasteiger partial charge is 0.248 e. The summed E-state index contributed by atoms with van der Waals surface area (Å²) in [7, 11) is 1.56. The van der Waals surface area contributed by atoms with E-state index in [1.54, 1.807) is 36.7 Å². The number of ether oxygens (including phenoxy) is 2. The third kappa shape index (κ3) is 5.40. The Balaban J connectivity index is 1.76. The van der Waals surface area contributed by atoms with Crippen LogP contribution in [0.5, 0.6) is 11.5 Å². The molecule has 3 rings (SSSR count). The molecule has 29 heavy (non-hydrogen) atoms. The highest BCUT2D eigenvalue weighted by molar-refractivity contribution is 7.13. The summed E-state index contributed by atoms with van der Waals surface area (Å²) in [6, 6.07) is 15.3. The number of nitrogens with one attached hydrogen (secondary N) is 1. The van der Waals surface area contributed by atoms with E-state index in [9.17, 15) is 4.79 Å². The van der Waals surface area contributed by atoms with Gasteiger partial charge in [-0.2, -0.15) is 0 Å². The number of anilines is 1. The zero-order chi connectivity index (χ0) is 20.6. The van der Waals surface area contributed by atoms with Crippen molar-refractivity contribution in [1.29, 1.82) is 0 Å². The van der Waals surface area contributed by atoms with Gasteiger partial charge in [-0.25, -0.2) is 0 Å². The Bertz CT molecular complexity index is 999. The molecule has 0 atom stereocenters. The summed E-state index contributed by atoms with van der Waals surface area (Å²) in [5.74, 6) is 0.826. The van der Waals surface area contributed by atoms with Crippen LogP contribution >= 0.6 is 22.9 Å². The molecule has 150 valence electrons. The van der Waals surface area contributed by atoms with Gasteiger partial charge in [0, 0.05) is 22.2 Å². The van der Waals surface area contributed by atoms with Crippen LogP contribution in [0.2, 0.25) is 5.02 Å². The maximum atomic E-state index is 12.5. The minimum atomic E-state index is -0.226. The first-order valence-electron chi connectivity index (χ1n) is 9.24. The lowest BCUT2D eigenvalue weighted by molar-refractivity contribution is -0.111. The molecule has 3 aromatic rings. The molecule has 0 aliphatic heterocycles. The van der Waals surface area contributed by atoms with Crippen LogP contribution < -0.4 is 14.8 Å². The fraction of sp³-hybridized carbons (Fsp3) is 0.174. The summed E-state index contributed by atoms with van der Waals surface area (Å²) in [6.45, 7) is 2.57. The molecule has 2 aromatic carbocycles. The summed E-state index contributed by atoms with van der Waals surface area (Å²) in [5, 5.41) is 5.40. The van der Waals surface area contributed by atoms with Crippen LogP contribution in [0.1, 0.15) is 18.9 Å². The van der Waals surface area contributed by atoms with Crippen LogP contribution in [0.4, 0.5) is 5.69 Å². The Hall–Kier alpha value is -2.76. The highest BCUT2D eigenvalue weighted by Crippen LogP contribution is 2.37. The lowest BCUT2D eigenvalue weighted by Gasteiger charge is -2.12. The van der Waals surface area contributed by atoms with Crippen molar-refractivity contribution in [2.24, 2.45) is 0 Å². The number of halogens is 1. The second-order valence-electron chi connectivity index (χ2n) is 6.23. The minimum absolute atomic E-state index is 0.226. The third-order valence-electron chi connectivity index (χ3n) is 4.10. The van der Waals surface area contributed by atoms with E-state index in [1.807, 2.05) is 48.7 Å². The van der Waals surface area contributed by atoms with E-state index in [0.29, 0.717) is 23.1 Å². The van der Waals surface area contributed by atoms with Crippen LogP contribution in [0.25, 0.3) is 16.5 Å². The molecule has 0 saturated carbocycles. The summed E-state index contributed by atoms with van der Waals surface area (Å²) in [5.41, 5.74) is 2.51. The van der Waals surface area contributed by atoms with Crippen LogP contribution in [0, 0.1) is 0 Å². The molecule has 1 heterocycles. The van der Waals surface area contributed by atoms with Gasteiger partial charge in [0.15, 0.2) is 11.5 Å². The molecule has 0 aliphatic carbocycles. The van der Waals surface area contributed by atoms with E-state index >= 15 is 0 Å². The van der Waals surface area contributed by atoms with Crippen LogP contribution in [0.15, 0.2) is 60.0 Å². The zero-order valence-corrected chi connectivity index (χ0v) is 17.8. The summed E-state index contributed by atoms with van der Waals surface area (Å²) in [4.78, 5) is 13.6. The van der Waals surface area contributed by atoms with Crippen molar-refractivity contribution < 1.29 is 14.3 Å². The molecule has 1 amide bonds. The summed E-state index contributed by atoms with van der Waals surface area (Å²) in [6.07, 6.45) is 4.04. The second kappa shape index (κ2) is 10.1. The first kappa shape index (κ1) is 21.0. The SMILES string of the molecule is CCCOc1c(Cl)cc(/C=C/C(=O)Nc2ccccc2-c2cccs2)cc1OC. The average Bonchev–Trinajstić information content (AvgIpc) is 3.26. The number of carbonyl (C=O) groups excluding carboxylic acids is 1. The van der Waals surface area contributed by atoms with Gasteiger partial charge in [0.1, 0.15) is 0 Å². The molecule has 0 radical (unpaired) electrons. The number of hydrogen-bond acceptors (Lipinski definition) is 4. The van der Waals surface area contributed by atoms with Gasteiger partial charge in [-0.1, -0.05) is 42.8 Å². The number of hydrogen-bond donors (Lipinski definition) is 1. The molecule has 0 unspecified atom stereocenters. The second-order valence-corrected chi connectivity index (χ2v) is 7.58. The molecule has 6 heteroatoms. The van der Waals surface area contributed by atoms with E-state index in [1.165, 1.54) is 6.08 Å². The van der Waals surface area contributed by atoms with E-state index in [2.05, 4.69) is 5.32 Å². The Morgan fingerprint density at radius 3 is 2.76 bits per heavy atom. The highest BCUT2D eigenvalue weighted by Gasteiger charge is 2.11. The molecular weight excluding hydrogens is 406 g/mol. The van der Waals surface area contributed by atoms with E-state index in [0.717, 1.165) is 28.1 Å². The van der Waals surface area contributed by atoms with Gasteiger partial charge in [-0.15, -0.1) is 11.3 Å². The van der Waals surface area contributed by atoms with Crippen molar-refractivity contribution in [3.8, 4) is 21.9 Å². The predicted octanol–water partition coefficient (Wildman–Crippen LogP) is 6.52. The average molecular weight is 428 g/mol. The number of rotatable bonds is 8. The van der Waals surface area contributed by atoms with Gasteiger partial charge in [0.05, 0.1) is 18.7 Å². The minimum Gasteiger partial charge on any atom is -0.493 e. The van der Waals surface area contributed by atoms with Crippen LogP contribution in [-0.4, -0.2) is 19.6 Å². The van der Waals surface area contributed by atoms with Crippen molar-refractivity contribution >= 4 is 40.6 Å². The molecule has 0 saturated heterocycles. The predicted molar refractivity (Wildman–Crippen MR) is 121 cm³/mol. The Morgan fingerprint density at radius 2 is 2.03 bits per heavy atom. The molecule has 4 nitrogen and oxygen atoms in total. The largest absolute Gasteiger partial charge is 0.493 e. The number of carbonyl (C=O) groups is 1. The number of thiophene rings is 1. The van der Waals surface area contributed by atoms with Crippen molar-refractivity contribution in [2.75, 3.05) is 19.0 Å². The van der Waals surface area contributed by atoms with Crippen LogP contribution in [0.3, 0.4) is 0 Å². The van der Waals surface area contributed by atoms with Gasteiger partial charge >= 0.3 is 0 Å². The molecular formula is C23H22ClNO3S. The standard InChI is InChI=1S/C23H22ClNO3S/c1-3-12-28-23-18(24)14-16(15-20(23)27-2)10-11-22(26)25-19-8-5-4-7-17(19)21-9-6-13-29-21/h4-11,13-15H,3,12H2,1-2H3,(H,25,26)/b11-10+. The third-order valence-corrected chi connectivity index (χ3v) is 5.28. The lowest BCUT2D eigenvalue weighted by Crippen LogP contribution is -2.08. The van der Waals surface area contributed by atoms with Gasteiger partial charge in [-0.3, -0.25) is 4.79 Å². The fourth-order valence-corrected chi connectivity index (χ4v) is 3.80. The van der Waals surface area contributed by atoms with Gasteiger partial charge in [0.2, 0.25) is 5.91 Å². The molecule has 0 spiro atoms. The summed E-state index contributed by atoms with van der Waals surface area (Å²) < 4.78 is 11.0. The highest BCUT2D eigenvalue weighted by atomic mass is 35.5. The normalized spacial score (nSPS) is 10.9. The lowest BCUT2D eigenvalue weighted by atomic mass is 10.1. The van der Waals surface area contributed by atoms with E-state index in [-0.39, 0.29) is 5.91 Å². The molecule has 0 fully saturated rings. The molecule has 0 bridgehead atoms. The number of para-hydroxylation sites is 1. The maximum Gasteiger partial charge on any atom is 0.248 e. The molecule has 1 aromatic heterocycles. The fourth-order valence-electron chi connectivity index (χ4n) is 2.77. The molecule has 0 aliphatic rings. The van der Waals surface area contributed by atoms with Crippen LogP contribution in [-0.2, 0) is 4.79 Å². The van der Waals surface area contributed by atoms with Crippen molar-refractivity contribution in [2.45, 2.75) is 13.3 Å². The van der Waals surface area contributed by atoms with Crippen molar-refractivity contribution in [1.82, 2.24) is 0 Å². The van der Waals surface area contributed by atoms with Gasteiger partial charge in [0.25, 0.3) is 0 Å². The Morgan fingerprint density at radius 1 is 1.21 bits per heavy atom. The topological polar surface area (TPSA) is 47.6 Å². The quantitative estimate of drug-likeness (QED) is 0.416. The maximum absolute atomic E-state index is 12.5. The number of amides is 1. The monoisotopic (exact) mass is 427 g/mol. The molecule has 1 N–H and O–H groups in total. The first-order chi connectivity index (χ1) is 14.1. The van der Waals surface area contributed by atoms with Crippen molar-refractivity contribution in [3.05, 3.63) is 70.6 Å². The van der Waals surface area contributed by atoms with Gasteiger partial charge < -0.3 is 14.8 Å². The zero-order valence-electron chi connectivity index (χ0n) is 16.3. The Labute approximate surface area is 179 Å². The van der Waals surface area contributed by atoms with E-state index < -0.39 is 0 Å². The van der Waals surface area contributed by atoms with E-state index in [4.69, 9.17) is 21.1 Å².